The Labute approximate surface area is 858 Å². The third-order valence-corrected chi connectivity index (χ3v) is 22.5. The summed E-state index contributed by atoms with van der Waals surface area (Å²) in [5.41, 5.74) is 3.97. The Morgan fingerprint density at radius 1 is 0.280 bits per heavy atom. The molecule has 1 saturated heterocycles. The fourth-order valence-corrected chi connectivity index (χ4v) is 16.5. The zero-order valence-corrected chi connectivity index (χ0v) is 84.8. The lowest BCUT2D eigenvalue weighted by atomic mass is 9.85. The number of imide groups is 1. The van der Waals surface area contributed by atoms with Gasteiger partial charge in [0.05, 0.1) is 278 Å². The van der Waals surface area contributed by atoms with Crippen LogP contribution in [0.3, 0.4) is 0 Å². The van der Waals surface area contributed by atoms with Gasteiger partial charge in [-0.1, -0.05) is 65.5 Å². The number of Topliss-reactive ketones (excluding diaryl/α,β-unsaturated/α-hetero) is 1. The van der Waals surface area contributed by atoms with Crippen molar-refractivity contribution in [3.8, 4) is 0 Å². The number of carbonyl (C=O) groups excluding carboxylic acids is 11. The van der Waals surface area contributed by atoms with Crippen LogP contribution in [0.15, 0.2) is 67.9 Å². The predicted molar refractivity (Wildman–Crippen MR) is 498 cm³/mol. The van der Waals surface area contributed by atoms with E-state index in [0.717, 1.165) is 6.42 Å². The molecule has 150 heavy (non-hydrogen) atoms. The molecule has 12 atom stereocenters. The van der Waals surface area contributed by atoms with Gasteiger partial charge >= 0.3 is 47.8 Å². The van der Waals surface area contributed by atoms with Crippen LogP contribution < -0.4 is 0 Å². The van der Waals surface area contributed by atoms with E-state index in [2.05, 4.69) is 105 Å². The molecule has 0 radical (unpaired) electrons. The molecular formula is C91H128N28O31. The van der Waals surface area contributed by atoms with Gasteiger partial charge in [-0.05, 0) is 37.5 Å². The number of nitrogens with zero attached hydrogens (tertiary/aromatic N) is 28. The fraction of sp³-hybridized carbons (Fsp3) is 0.659. The Kier molecular flexibility index (Phi) is 46.4. The highest BCUT2D eigenvalue weighted by atomic mass is 16.6. The van der Waals surface area contributed by atoms with E-state index in [1.54, 1.807) is 60.5 Å². The van der Waals surface area contributed by atoms with Crippen molar-refractivity contribution in [2.75, 3.05) is 106 Å². The molecule has 59 heteroatoms. The number of hydrogen-bond donors (Lipinski definition) is 1. The van der Waals surface area contributed by atoms with Crippen LogP contribution in [0.1, 0.15) is 145 Å². The van der Waals surface area contributed by atoms with Gasteiger partial charge in [-0.3, -0.25) is 57.6 Å². The molecule has 1 saturated carbocycles. The number of unbranched alkanes of at least 4 members (excludes halogenated alkanes) is 2. The first-order chi connectivity index (χ1) is 72.5. The normalized spacial score (nSPS) is 16.3. The second kappa shape index (κ2) is 60.7. The molecule has 0 aromatic carbocycles. The minimum Gasteiger partial charge on any atom is -0.458 e. The van der Waals surface area contributed by atoms with Gasteiger partial charge in [-0.15, -0.1) is 45.9 Å². The smallest absolute Gasteiger partial charge is 0.303 e. The zero-order chi connectivity index (χ0) is 106. The number of ketones is 1. The lowest BCUT2D eigenvalue weighted by Crippen LogP contribution is -2.33. The topological polar surface area (TPSA) is 663 Å². The Morgan fingerprint density at radius 3 is 0.760 bits per heavy atom. The molecule has 9 aromatic rings. The number of ether oxygens (including phenoxy) is 19. The van der Waals surface area contributed by atoms with Crippen LogP contribution in [0, 0.1) is 23.7 Å². The first kappa shape index (κ1) is 115. The third kappa shape index (κ3) is 40.9. The van der Waals surface area contributed by atoms with E-state index in [0.29, 0.717) is 129 Å². The van der Waals surface area contributed by atoms with Crippen LogP contribution in [-0.4, -0.2) is 365 Å². The first-order valence-electron chi connectivity index (χ1n) is 48.9. The van der Waals surface area contributed by atoms with Gasteiger partial charge in [0, 0.05) is 81.0 Å². The van der Waals surface area contributed by atoms with Crippen molar-refractivity contribution >= 4 is 65.4 Å². The van der Waals surface area contributed by atoms with Gasteiger partial charge in [-0.25, -0.2) is 42.1 Å². The average Bonchev–Trinajstić information content (AvgIpc) is 1.57. The number of likely N-dealkylation sites (tertiary alicyclic amines) is 1. The molecule has 818 valence electrons. The van der Waals surface area contributed by atoms with Crippen molar-refractivity contribution in [2.24, 2.45) is 23.7 Å². The van der Waals surface area contributed by atoms with Crippen molar-refractivity contribution < 1.29 is 148 Å². The summed E-state index contributed by atoms with van der Waals surface area (Å²) in [6, 6.07) is 0. The summed E-state index contributed by atoms with van der Waals surface area (Å²) in [5, 5.41) is 83.8. The number of aromatic nitrogens is 27. The lowest BCUT2D eigenvalue weighted by Gasteiger charge is -2.17. The predicted octanol–water partition coefficient (Wildman–Crippen LogP) is -0.891. The molecule has 59 nitrogen and oxygen atoms in total. The van der Waals surface area contributed by atoms with Crippen molar-refractivity contribution in [1.82, 2.24) is 140 Å². The molecule has 1 N–H and O–H groups in total. The molecule has 2 bridgehead atoms. The molecule has 2 amide bonds. The fourth-order valence-electron chi connectivity index (χ4n) is 16.5. The van der Waals surface area contributed by atoms with E-state index in [1.165, 1.54) is 97.7 Å². The number of fused-ring (bicyclic) bond motifs is 5. The highest BCUT2D eigenvalue weighted by Crippen LogP contribution is 2.52. The van der Waals surface area contributed by atoms with Crippen molar-refractivity contribution in [3.63, 3.8) is 0 Å². The molecule has 0 spiro atoms. The van der Waals surface area contributed by atoms with Gasteiger partial charge in [0.15, 0.2) is 0 Å². The SMILES string of the molecule is CC(=O)O[C@H](COCc1cn(C[C@H](COCc2cn(C[C@H](COCc3cn(C[C@H](COCc4cn(C[C@H](COCc5cn(C[C@H](COCc6cn(CCOCCOCCOCCO)nn6)OC(C)=O)nn5)OC(C)=O)nn4)OC(C)=O)nn3)OC(C)=O)nn2)OC(C)=O)nn1)Cn1cc(COC[C@@H](Cn2cc(COC[C@@H](Cn3cc(CCC(=O)CCCCCN4C(=O)C5C6C=CC(C6)C5C4=O)nn3)OC(C)=O)nn2)OC(C)=O)nn1. The molecule has 2 aliphatic carbocycles. The summed E-state index contributed by atoms with van der Waals surface area (Å²) in [7, 11) is 0. The van der Waals surface area contributed by atoms with Crippen LogP contribution in [-0.2, 0) is 261 Å². The first-order valence-corrected chi connectivity index (χ1v) is 48.9. The molecule has 10 heterocycles. The monoisotopic (exact) mass is 2110 g/mol. The number of rotatable bonds is 76. The highest BCUT2D eigenvalue weighted by molar-refractivity contribution is 6.06. The number of esters is 8. The number of aliphatic hydroxyl groups is 1. The molecule has 12 rings (SSSR count). The molecule has 3 aliphatic rings. The van der Waals surface area contributed by atoms with Crippen molar-refractivity contribution in [3.05, 3.63) is 119 Å². The summed E-state index contributed by atoms with van der Waals surface area (Å²) in [5.74, 6) is -4.61. The maximum atomic E-state index is 13.0. The van der Waals surface area contributed by atoms with E-state index in [4.69, 9.17) is 95.1 Å². The Morgan fingerprint density at radius 2 is 0.507 bits per heavy atom. The average molecular weight is 2110 g/mol. The second-order valence-electron chi connectivity index (χ2n) is 35.6. The standard InChI is InChI=1S/C91H128N28O31/c1-60(121)143-80(36-111-27-70(92-102-111)15-16-79(129)12-10-9-11-17-119-90(130)88-68-13-14-69(26-68)89(88)91(119)131)52-136-45-72-29-113(104-94-72)38-82(145-62(3)123)54-138-47-74-31-115(106-96-74)40-84(147-64(5)125)56-140-49-76-33-117(108-98-76)42-86(149-66(7)127)58-142-51-78-35-118(109-100-78)43-87(150-67(8)128)59-141-50-77-34-116(107-99-77)41-85(148-65(6)126)57-139-48-75-32-114(105-97-75)39-83(146-63(4)124)55-137-46-73-30-112(103-95-73)37-81(144-61(2)122)53-135-44-71-28-110(101-93-71)18-20-132-22-24-134-25-23-133-21-19-120/h13-14,27-35,68-69,80-89,120H,9-12,15-26,36-59H2,1-8H3/t68?,69?,80-,81-,82-,83-,84+,85-,86-,87-,88?,89?/m1/s1. The number of allylic oxidation sites excluding steroid dienone is 2. The number of hydrogen-bond acceptors (Lipinski definition) is 49. The number of carbonyl (C=O) groups is 11. The Hall–Kier alpha value is -13.9. The van der Waals surface area contributed by atoms with E-state index in [9.17, 15) is 52.7 Å². The van der Waals surface area contributed by atoms with E-state index in [1.807, 2.05) is 0 Å². The van der Waals surface area contributed by atoms with Crippen LogP contribution in [0.25, 0.3) is 0 Å². The van der Waals surface area contributed by atoms with Crippen LogP contribution in [0.2, 0.25) is 0 Å². The summed E-state index contributed by atoms with van der Waals surface area (Å²) in [6.45, 7) is 12.8. The maximum absolute atomic E-state index is 13.0. The van der Waals surface area contributed by atoms with Crippen LogP contribution in [0.4, 0.5) is 0 Å². The van der Waals surface area contributed by atoms with E-state index >= 15 is 0 Å². The zero-order valence-electron chi connectivity index (χ0n) is 84.8. The Bertz CT molecular complexity index is 5720. The summed E-state index contributed by atoms with van der Waals surface area (Å²) < 4.78 is 121. The largest absolute Gasteiger partial charge is 0.458 e. The molecule has 1 aliphatic heterocycles. The summed E-state index contributed by atoms with van der Waals surface area (Å²) in [6.07, 6.45) is 16.2. The van der Waals surface area contributed by atoms with Crippen molar-refractivity contribution in [2.45, 2.75) is 261 Å². The van der Waals surface area contributed by atoms with Gasteiger partial charge < -0.3 is 95.1 Å². The number of aliphatic hydroxyl groups excluding tert-OH is 1. The van der Waals surface area contributed by atoms with E-state index in [-0.39, 0.29) is 219 Å². The second-order valence-corrected chi connectivity index (χ2v) is 35.6. The van der Waals surface area contributed by atoms with Crippen molar-refractivity contribution in [1.29, 1.82) is 0 Å². The number of amides is 2. The quantitative estimate of drug-likeness (QED) is 0.0159. The van der Waals surface area contributed by atoms with Gasteiger partial charge in [0.2, 0.25) is 11.8 Å². The molecular weight excluding hydrogens is 1980 g/mol. The maximum Gasteiger partial charge on any atom is 0.303 e. The highest BCUT2D eigenvalue weighted by Gasteiger charge is 2.59. The van der Waals surface area contributed by atoms with Gasteiger partial charge in [0.1, 0.15) is 100 Å². The minimum absolute atomic E-state index is 0.0123. The minimum atomic E-state index is -0.838. The summed E-state index contributed by atoms with van der Waals surface area (Å²) in [4.78, 5) is 138. The lowest BCUT2D eigenvalue weighted by molar-refractivity contribution is -0.151. The molecule has 4 unspecified atom stereocenters. The summed E-state index contributed by atoms with van der Waals surface area (Å²) >= 11 is 0. The molecule has 2 fully saturated rings. The van der Waals surface area contributed by atoms with Crippen LogP contribution in [0.5, 0.6) is 0 Å². The number of aryl methyl sites for hydroxylation is 1. The van der Waals surface area contributed by atoms with E-state index < -0.39 is 96.6 Å². The third-order valence-electron chi connectivity index (χ3n) is 22.5. The van der Waals surface area contributed by atoms with Gasteiger partial charge in [0.25, 0.3) is 0 Å². The van der Waals surface area contributed by atoms with Crippen LogP contribution >= 0.6 is 0 Å². The Balaban J connectivity index is 0.499. The molecule has 9 aromatic heterocycles. The van der Waals surface area contributed by atoms with Gasteiger partial charge in [-0.2, -0.15) is 0 Å².